The average Bonchev–Trinajstić information content (AvgIpc) is 2.40. The van der Waals surface area contributed by atoms with Gasteiger partial charge in [0, 0.05) is 26.7 Å². The van der Waals surface area contributed by atoms with E-state index < -0.39 is 11.2 Å². The standard InChI is InChI=1S/C12H22N4O3/c1-4-6-16-10(13)9(15(5-2)7-8-17)11(18)14(3)12(16)19/h17H,4-8,13H2,1-3H3. The Kier molecular flexibility index (Phi) is 5.17. The summed E-state index contributed by atoms with van der Waals surface area (Å²) < 4.78 is 2.46. The summed E-state index contributed by atoms with van der Waals surface area (Å²) in [6.45, 7) is 5.02. The minimum atomic E-state index is -0.426. The second kappa shape index (κ2) is 6.42. The zero-order valence-electron chi connectivity index (χ0n) is 11.7. The van der Waals surface area contributed by atoms with Crippen LogP contribution in [0.4, 0.5) is 11.5 Å². The van der Waals surface area contributed by atoms with Crippen molar-refractivity contribution in [1.29, 1.82) is 0 Å². The van der Waals surface area contributed by atoms with Crippen molar-refractivity contribution in [3.8, 4) is 0 Å². The average molecular weight is 270 g/mol. The lowest BCUT2D eigenvalue weighted by molar-refractivity contribution is 0.302. The Bertz CT molecular complexity index is 547. The van der Waals surface area contributed by atoms with Crippen LogP contribution in [0.3, 0.4) is 0 Å². The van der Waals surface area contributed by atoms with Crippen LogP contribution in [-0.4, -0.2) is 33.9 Å². The molecule has 0 saturated carbocycles. The summed E-state index contributed by atoms with van der Waals surface area (Å²) >= 11 is 0. The van der Waals surface area contributed by atoms with Gasteiger partial charge in [-0.05, 0) is 13.3 Å². The maximum Gasteiger partial charge on any atom is 0.332 e. The van der Waals surface area contributed by atoms with E-state index in [1.807, 2.05) is 13.8 Å². The van der Waals surface area contributed by atoms with Crippen molar-refractivity contribution in [3.05, 3.63) is 20.8 Å². The zero-order valence-corrected chi connectivity index (χ0v) is 11.7. The summed E-state index contributed by atoms with van der Waals surface area (Å²) in [5.74, 6) is 0.172. The van der Waals surface area contributed by atoms with E-state index in [9.17, 15) is 9.59 Å². The maximum absolute atomic E-state index is 12.2. The molecule has 0 radical (unpaired) electrons. The molecule has 1 aromatic rings. The zero-order chi connectivity index (χ0) is 14.6. The minimum Gasteiger partial charge on any atom is -0.395 e. The highest BCUT2D eigenvalue weighted by Gasteiger charge is 2.19. The molecular formula is C12H22N4O3. The van der Waals surface area contributed by atoms with Crippen molar-refractivity contribution in [2.75, 3.05) is 30.3 Å². The lowest BCUT2D eigenvalue weighted by atomic mass is 10.3. The molecule has 1 rings (SSSR count). The van der Waals surface area contributed by atoms with Gasteiger partial charge in [0.25, 0.3) is 5.56 Å². The molecule has 108 valence electrons. The van der Waals surface area contributed by atoms with E-state index in [1.165, 1.54) is 11.6 Å². The fraction of sp³-hybridized carbons (Fsp3) is 0.667. The van der Waals surface area contributed by atoms with Crippen LogP contribution in [0.15, 0.2) is 9.59 Å². The van der Waals surface area contributed by atoms with Crippen molar-refractivity contribution in [3.63, 3.8) is 0 Å². The first-order chi connectivity index (χ1) is 8.99. The smallest absolute Gasteiger partial charge is 0.332 e. The van der Waals surface area contributed by atoms with Gasteiger partial charge in [-0.1, -0.05) is 6.92 Å². The molecule has 0 aliphatic heterocycles. The van der Waals surface area contributed by atoms with Crippen molar-refractivity contribution in [2.24, 2.45) is 7.05 Å². The fourth-order valence-corrected chi connectivity index (χ4v) is 2.05. The summed E-state index contributed by atoms with van der Waals surface area (Å²) in [5, 5.41) is 9.05. The molecule has 0 amide bonds. The Morgan fingerprint density at radius 1 is 1.32 bits per heavy atom. The van der Waals surface area contributed by atoms with Gasteiger partial charge >= 0.3 is 5.69 Å². The molecular weight excluding hydrogens is 248 g/mol. The second-order valence-corrected chi connectivity index (χ2v) is 4.34. The largest absolute Gasteiger partial charge is 0.395 e. The second-order valence-electron chi connectivity index (χ2n) is 4.34. The number of aromatic nitrogens is 2. The summed E-state index contributed by atoms with van der Waals surface area (Å²) in [7, 11) is 1.44. The van der Waals surface area contributed by atoms with Crippen LogP contribution in [0.5, 0.6) is 0 Å². The Hall–Kier alpha value is -1.76. The number of nitrogens with two attached hydrogens (primary N) is 1. The normalized spacial score (nSPS) is 10.7. The van der Waals surface area contributed by atoms with Crippen LogP contribution in [0.1, 0.15) is 20.3 Å². The number of likely N-dealkylation sites (N-methyl/N-ethyl adjacent to an activating group) is 1. The number of anilines is 2. The summed E-state index contributed by atoms with van der Waals surface area (Å²) in [4.78, 5) is 25.9. The van der Waals surface area contributed by atoms with E-state index in [0.717, 1.165) is 11.0 Å². The third kappa shape index (κ3) is 2.81. The van der Waals surface area contributed by atoms with E-state index >= 15 is 0 Å². The lowest BCUT2D eigenvalue weighted by Crippen LogP contribution is -2.44. The molecule has 19 heavy (non-hydrogen) atoms. The number of aliphatic hydroxyl groups excluding tert-OH is 1. The van der Waals surface area contributed by atoms with Crippen LogP contribution in [0.2, 0.25) is 0 Å². The van der Waals surface area contributed by atoms with Gasteiger partial charge < -0.3 is 15.7 Å². The molecule has 0 aromatic carbocycles. The van der Waals surface area contributed by atoms with Crippen LogP contribution < -0.4 is 21.9 Å². The van der Waals surface area contributed by atoms with E-state index in [2.05, 4.69) is 0 Å². The van der Waals surface area contributed by atoms with Gasteiger partial charge in [-0.3, -0.25) is 13.9 Å². The number of nitrogens with zero attached hydrogens (tertiary/aromatic N) is 3. The molecule has 0 aliphatic carbocycles. The SMILES string of the molecule is CCCn1c(N)c(N(CC)CCO)c(=O)n(C)c1=O. The number of hydrogen-bond donors (Lipinski definition) is 2. The van der Waals surface area contributed by atoms with Crippen LogP contribution in [0.25, 0.3) is 0 Å². The van der Waals surface area contributed by atoms with E-state index in [-0.39, 0.29) is 18.1 Å². The fourth-order valence-electron chi connectivity index (χ4n) is 2.05. The molecule has 0 bridgehead atoms. The molecule has 7 nitrogen and oxygen atoms in total. The van der Waals surface area contributed by atoms with Gasteiger partial charge in [-0.25, -0.2) is 4.79 Å². The Morgan fingerprint density at radius 2 is 1.95 bits per heavy atom. The third-order valence-electron chi connectivity index (χ3n) is 3.07. The van der Waals surface area contributed by atoms with Gasteiger partial charge in [0.1, 0.15) is 11.5 Å². The number of aliphatic hydroxyl groups is 1. The van der Waals surface area contributed by atoms with E-state index in [0.29, 0.717) is 19.6 Å². The Balaban J connectivity index is 3.55. The first-order valence-electron chi connectivity index (χ1n) is 6.44. The first-order valence-corrected chi connectivity index (χ1v) is 6.44. The van der Waals surface area contributed by atoms with Crippen LogP contribution >= 0.6 is 0 Å². The number of hydrogen-bond acceptors (Lipinski definition) is 5. The van der Waals surface area contributed by atoms with Crippen LogP contribution in [0, 0.1) is 0 Å². The predicted molar refractivity (Wildman–Crippen MR) is 75.6 cm³/mol. The Morgan fingerprint density at radius 3 is 2.42 bits per heavy atom. The van der Waals surface area contributed by atoms with Gasteiger partial charge in [0.15, 0.2) is 0 Å². The summed E-state index contributed by atoms with van der Waals surface area (Å²) in [5.41, 5.74) is 5.42. The lowest BCUT2D eigenvalue weighted by Gasteiger charge is -2.24. The molecule has 0 saturated heterocycles. The maximum atomic E-state index is 12.2. The molecule has 1 heterocycles. The van der Waals surface area contributed by atoms with Gasteiger partial charge in [-0.15, -0.1) is 0 Å². The summed E-state index contributed by atoms with van der Waals surface area (Å²) in [6, 6.07) is 0. The number of rotatable bonds is 6. The molecule has 0 unspecified atom stereocenters. The highest BCUT2D eigenvalue weighted by molar-refractivity contribution is 5.62. The van der Waals surface area contributed by atoms with Crippen molar-refractivity contribution < 1.29 is 5.11 Å². The molecule has 0 spiro atoms. The number of nitrogen functional groups attached to an aromatic ring is 1. The summed E-state index contributed by atoms with van der Waals surface area (Å²) in [6.07, 6.45) is 0.744. The van der Waals surface area contributed by atoms with Crippen molar-refractivity contribution in [2.45, 2.75) is 26.8 Å². The highest BCUT2D eigenvalue weighted by atomic mass is 16.3. The monoisotopic (exact) mass is 270 g/mol. The molecule has 1 aromatic heterocycles. The van der Waals surface area contributed by atoms with Gasteiger partial charge in [0.2, 0.25) is 0 Å². The van der Waals surface area contributed by atoms with Gasteiger partial charge in [0.05, 0.1) is 6.61 Å². The molecule has 0 aliphatic rings. The topological polar surface area (TPSA) is 93.5 Å². The van der Waals surface area contributed by atoms with Crippen molar-refractivity contribution >= 4 is 11.5 Å². The third-order valence-corrected chi connectivity index (χ3v) is 3.07. The van der Waals surface area contributed by atoms with Crippen LogP contribution in [-0.2, 0) is 13.6 Å². The molecule has 7 heteroatoms. The quantitative estimate of drug-likeness (QED) is 0.717. The van der Waals surface area contributed by atoms with Crippen molar-refractivity contribution in [1.82, 2.24) is 9.13 Å². The first kappa shape index (κ1) is 15.3. The van der Waals surface area contributed by atoms with E-state index in [4.69, 9.17) is 10.8 Å². The Labute approximate surface area is 111 Å². The molecule has 0 fully saturated rings. The minimum absolute atomic E-state index is 0.0800. The predicted octanol–water partition coefficient (Wildman–Crippen LogP) is -0.642. The van der Waals surface area contributed by atoms with Gasteiger partial charge in [-0.2, -0.15) is 0 Å². The highest BCUT2D eigenvalue weighted by Crippen LogP contribution is 2.16. The molecule has 0 atom stereocenters. The van der Waals surface area contributed by atoms with E-state index in [1.54, 1.807) is 4.90 Å². The molecule has 3 N–H and O–H groups in total.